The normalized spacial score (nSPS) is 10.9. The Morgan fingerprint density at radius 2 is 1.81 bits per heavy atom. The lowest BCUT2D eigenvalue weighted by atomic mass is 10.1. The molecule has 36 heavy (non-hydrogen) atoms. The number of methoxy groups -OCH3 is 1. The first kappa shape index (κ1) is 27.1. The Morgan fingerprint density at radius 1 is 1.00 bits per heavy atom. The molecule has 2 amide bonds. The van der Waals surface area contributed by atoms with E-state index in [0.717, 1.165) is 25.1 Å². The van der Waals surface area contributed by atoms with Gasteiger partial charge in [-0.15, -0.1) is 0 Å². The van der Waals surface area contributed by atoms with Gasteiger partial charge in [-0.2, -0.15) is 0 Å². The number of aromatic nitrogens is 1. The van der Waals surface area contributed by atoms with Gasteiger partial charge in [0.1, 0.15) is 12.4 Å². The zero-order valence-electron chi connectivity index (χ0n) is 21.5. The Balaban J connectivity index is 1.76. The molecule has 0 N–H and O–H groups in total. The van der Waals surface area contributed by atoms with Gasteiger partial charge in [-0.05, 0) is 49.2 Å². The number of hydrogen-bond acceptors (Lipinski definition) is 3. The van der Waals surface area contributed by atoms with Crippen molar-refractivity contribution in [2.75, 3.05) is 33.4 Å². The molecule has 0 aliphatic heterocycles. The second-order valence-corrected chi connectivity index (χ2v) is 9.02. The molecule has 2 aromatic carbocycles. The fraction of sp³-hybridized carbons (Fsp3) is 0.379. The van der Waals surface area contributed by atoms with Crippen LogP contribution in [0.1, 0.15) is 46.9 Å². The molecule has 0 aliphatic carbocycles. The lowest BCUT2D eigenvalue weighted by Crippen LogP contribution is -2.44. The van der Waals surface area contributed by atoms with Gasteiger partial charge in [0.15, 0.2) is 0 Å². The molecule has 6 nitrogen and oxygen atoms in total. The van der Waals surface area contributed by atoms with Crippen molar-refractivity contribution in [3.8, 4) is 0 Å². The van der Waals surface area contributed by atoms with Crippen LogP contribution in [0.15, 0.2) is 66.9 Å². The van der Waals surface area contributed by atoms with E-state index in [1.54, 1.807) is 13.2 Å². The van der Waals surface area contributed by atoms with Crippen LogP contribution in [0, 0.1) is 12.7 Å². The second kappa shape index (κ2) is 13.6. The predicted molar refractivity (Wildman–Crippen MR) is 139 cm³/mol. The van der Waals surface area contributed by atoms with Crippen molar-refractivity contribution in [2.24, 2.45) is 0 Å². The van der Waals surface area contributed by atoms with Gasteiger partial charge in [0, 0.05) is 44.2 Å². The maximum absolute atomic E-state index is 13.7. The van der Waals surface area contributed by atoms with Crippen LogP contribution >= 0.6 is 0 Å². The van der Waals surface area contributed by atoms with Crippen molar-refractivity contribution < 1.29 is 18.7 Å². The molecule has 0 saturated heterocycles. The molecule has 0 unspecified atom stereocenters. The minimum Gasteiger partial charge on any atom is -0.383 e. The molecule has 0 atom stereocenters. The van der Waals surface area contributed by atoms with Crippen molar-refractivity contribution in [1.29, 1.82) is 0 Å². The molecular weight excluding hydrogens is 457 g/mol. The number of benzene rings is 2. The van der Waals surface area contributed by atoms with Crippen molar-refractivity contribution in [3.63, 3.8) is 0 Å². The number of hydrogen-bond donors (Lipinski definition) is 0. The zero-order valence-corrected chi connectivity index (χ0v) is 21.5. The van der Waals surface area contributed by atoms with Gasteiger partial charge in [0.2, 0.25) is 5.91 Å². The largest absolute Gasteiger partial charge is 0.383 e. The van der Waals surface area contributed by atoms with E-state index in [-0.39, 0.29) is 31.2 Å². The maximum Gasteiger partial charge on any atom is 0.254 e. The predicted octanol–water partition coefficient (Wildman–Crippen LogP) is 4.90. The van der Waals surface area contributed by atoms with E-state index in [4.69, 9.17) is 4.74 Å². The van der Waals surface area contributed by atoms with Crippen LogP contribution in [0.2, 0.25) is 0 Å². The minimum absolute atomic E-state index is 0.0962. The Morgan fingerprint density at radius 3 is 2.53 bits per heavy atom. The highest BCUT2D eigenvalue weighted by Gasteiger charge is 2.23. The van der Waals surface area contributed by atoms with E-state index in [2.05, 4.69) is 42.7 Å². The Bertz CT molecular complexity index is 1140. The molecule has 0 radical (unpaired) electrons. The first-order valence-electron chi connectivity index (χ1n) is 12.4. The van der Waals surface area contributed by atoms with Crippen LogP contribution in [0.25, 0.3) is 0 Å². The zero-order chi connectivity index (χ0) is 25.9. The van der Waals surface area contributed by atoms with Crippen LogP contribution in [0.5, 0.6) is 0 Å². The fourth-order valence-corrected chi connectivity index (χ4v) is 4.11. The van der Waals surface area contributed by atoms with Gasteiger partial charge in [-0.25, -0.2) is 4.39 Å². The van der Waals surface area contributed by atoms with Crippen LogP contribution in [0.4, 0.5) is 4.39 Å². The number of unbranched alkanes of at least 4 members (excludes halogenated alkanes) is 1. The van der Waals surface area contributed by atoms with Gasteiger partial charge in [-0.3, -0.25) is 9.59 Å². The van der Waals surface area contributed by atoms with Crippen LogP contribution in [-0.2, 0) is 22.6 Å². The summed E-state index contributed by atoms with van der Waals surface area (Å²) in [5.41, 5.74) is 3.65. The second-order valence-electron chi connectivity index (χ2n) is 9.02. The Labute approximate surface area is 213 Å². The average molecular weight is 494 g/mol. The van der Waals surface area contributed by atoms with E-state index < -0.39 is 11.7 Å². The van der Waals surface area contributed by atoms with E-state index in [1.165, 1.54) is 34.2 Å². The quantitative estimate of drug-likeness (QED) is 0.340. The molecule has 0 saturated carbocycles. The Hall–Kier alpha value is -3.45. The molecule has 0 spiro atoms. The van der Waals surface area contributed by atoms with E-state index >= 15 is 0 Å². The number of carbonyl (C=O) groups is 2. The number of carbonyl (C=O) groups excluding carboxylic acids is 2. The summed E-state index contributed by atoms with van der Waals surface area (Å²) < 4.78 is 21.0. The molecule has 0 fully saturated rings. The standard InChI is InChI=1S/C29H36FN3O3/c1-4-5-14-32(21-27-13-8-15-31(27)20-24-10-6-9-23(2)18-24)28(34)22-33(16-17-36-3)29(35)25-11-7-12-26(30)19-25/h6-13,15,18-19H,4-5,14,16-17,20-22H2,1-3H3. The molecule has 1 heterocycles. The summed E-state index contributed by atoms with van der Waals surface area (Å²) >= 11 is 0. The average Bonchev–Trinajstić information content (AvgIpc) is 3.30. The molecule has 0 aliphatic rings. The van der Waals surface area contributed by atoms with E-state index in [9.17, 15) is 14.0 Å². The van der Waals surface area contributed by atoms with Crippen LogP contribution < -0.4 is 0 Å². The fourth-order valence-electron chi connectivity index (χ4n) is 4.11. The number of ether oxygens (including phenoxy) is 1. The smallest absolute Gasteiger partial charge is 0.254 e. The third kappa shape index (κ3) is 7.78. The third-order valence-electron chi connectivity index (χ3n) is 6.10. The maximum atomic E-state index is 13.7. The monoisotopic (exact) mass is 493 g/mol. The highest BCUT2D eigenvalue weighted by Crippen LogP contribution is 2.14. The highest BCUT2D eigenvalue weighted by molar-refractivity contribution is 5.96. The summed E-state index contributed by atoms with van der Waals surface area (Å²) in [6.45, 7) is 6.35. The number of aryl methyl sites for hydroxylation is 1. The van der Waals surface area contributed by atoms with Crippen molar-refractivity contribution in [3.05, 3.63) is 95.1 Å². The molecule has 3 rings (SSSR count). The summed E-state index contributed by atoms with van der Waals surface area (Å²) in [6, 6.07) is 17.9. The highest BCUT2D eigenvalue weighted by atomic mass is 19.1. The molecule has 7 heteroatoms. The molecular formula is C29H36FN3O3. The first-order chi connectivity index (χ1) is 17.4. The summed E-state index contributed by atoms with van der Waals surface area (Å²) in [5.74, 6) is -1.02. The van der Waals surface area contributed by atoms with Crippen molar-refractivity contribution >= 4 is 11.8 Å². The van der Waals surface area contributed by atoms with Crippen molar-refractivity contribution in [1.82, 2.24) is 14.4 Å². The number of halogens is 1. The lowest BCUT2D eigenvalue weighted by molar-refractivity contribution is -0.132. The summed E-state index contributed by atoms with van der Waals surface area (Å²) in [4.78, 5) is 29.8. The molecule has 1 aromatic heterocycles. The lowest BCUT2D eigenvalue weighted by Gasteiger charge is -2.28. The first-order valence-corrected chi connectivity index (χ1v) is 12.4. The van der Waals surface area contributed by atoms with Crippen molar-refractivity contribution in [2.45, 2.75) is 39.8 Å². The molecule has 0 bridgehead atoms. The summed E-state index contributed by atoms with van der Waals surface area (Å²) in [7, 11) is 1.54. The minimum atomic E-state index is -0.488. The van der Waals surface area contributed by atoms with E-state index in [1.807, 2.05) is 23.2 Å². The molecule has 3 aromatic rings. The summed E-state index contributed by atoms with van der Waals surface area (Å²) in [5, 5.41) is 0. The third-order valence-corrected chi connectivity index (χ3v) is 6.10. The van der Waals surface area contributed by atoms with Gasteiger partial charge in [0.25, 0.3) is 5.91 Å². The van der Waals surface area contributed by atoms with Crippen LogP contribution in [0.3, 0.4) is 0 Å². The number of amides is 2. The van der Waals surface area contributed by atoms with Gasteiger partial charge in [0.05, 0.1) is 13.2 Å². The van der Waals surface area contributed by atoms with E-state index in [0.29, 0.717) is 13.1 Å². The van der Waals surface area contributed by atoms with Crippen LogP contribution in [-0.4, -0.2) is 59.5 Å². The topological polar surface area (TPSA) is 54.8 Å². The number of nitrogens with zero attached hydrogens (tertiary/aromatic N) is 3. The van der Waals surface area contributed by atoms with Gasteiger partial charge in [-0.1, -0.05) is 49.2 Å². The summed E-state index contributed by atoms with van der Waals surface area (Å²) in [6.07, 6.45) is 3.84. The molecule has 192 valence electrons. The SMILES string of the molecule is CCCCN(Cc1cccn1Cc1cccc(C)c1)C(=O)CN(CCOC)C(=O)c1cccc(F)c1. The van der Waals surface area contributed by atoms with Gasteiger partial charge >= 0.3 is 0 Å². The number of rotatable bonds is 13. The Kier molecular flexibility index (Phi) is 10.2. The van der Waals surface area contributed by atoms with Gasteiger partial charge < -0.3 is 19.1 Å².